The van der Waals surface area contributed by atoms with E-state index >= 15 is 0 Å². The summed E-state index contributed by atoms with van der Waals surface area (Å²) in [6.45, 7) is 3.77. The van der Waals surface area contributed by atoms with Crippen LogP contribution in [0.3, 0.4) is 0 Å². The third-order valence-corrected chi connectivity index (χ3v) is 6.39. The van der Waals surface area contributed by atoms with Gasteiger partial charge in [0, 0.05) is 19.5 Å². The monoisotopic (exact) mass is 407 g/mol. The third kappa shape index (κ3) is 3.44. The summed E-state index contributed by atoms with van der Waals surface area (Å²) in [7, 11) is 0. The molecule has 1 fully saturated rings. The number of likely N-dealkylation sites (tertiary alicyclic amines) is 1. The maximum absolute atomic E-state index is 13.3. The van der Waals surface area contributed by atoms with Crippen molar-refractivity contribution >= 4 is 17.1 Å². The second-order valence-electron chi connectivity index (χ2n) is 8.34. The Kier molecular flexibility index (Phi) is 5.14. The summed E-state index contributed by atoms with van der Waals surface area (Å²) in [6.07, 6.45) is 7.18. The highest BCUT2D eigenvalue weighted by Gasteiger charge is 2.34. The number of benzene rings is 1. The van der Waals surface area contributed by atoms with Crippen molar-refractivity contribution in [1.29, 1.82) is 0 Å². The molecule has 0 saturated carbocycles. The number of rotatable bonds is 4. The summed E-state index contributed by atoms with van der Waals surface area (Å²) in [5.41, 5.74) is 1.95. The molecule has 5 rings (SSSR count). The van der Waals surface area contributed by atoms with E-state index in [1.807, 2.05) is 29.2 Å². The van der Waals surface area contributed by atoms with Gasteiger partial charge >= 0.3 is 6.03 Å². The molecule has 1 aromatic carbocycles. The predicted molar refractivity (Wildman–Crippen MR) is 114 cm³/mol. The highest BCUT2D eigenvalue weighted by molar-refractivity contribution is 5.77. The van der Waals surface area contributed by atoms with Crippen LogP contribution in [0, 0.1) is 0 Å². The van der Waals surface area contributed by atoms with E-state index in [9.17, 15) is 4.79 Å². The zero-order valence-corrected chi connectivity index (χ0v) is 17.5. The number of carbonyl (C=O) groups is 1. The molecule has 8 heteroatoms. The Morgan fingerprint density at radius 3 is 2.97 bits per heavy atom. The topological polar surface area (TPSA) is 91.7 Å². The summed E-state index contributed by atoms with van der Waals surface area (Å²) in [5, 5.41) is 12.1. The molecule has 2 aliphatic heterocycles. The maximum Gasteiger partial charge on any atom is 0.318 e. The van der Waals surface area contributed by atoms with Crippen LogP contribution in [0.15, 0.2) is 24.3 Å². The van der Waals surface area contributed by atoms with Crippen molar-refractivity contribution in [1.82, 2.24) is 34.9 Å². The first-order chi connectivity index (χ1) is 14.7. The van der Waals surface area contributed by atoms with Gasteiger partial charge in [-0.15, -0.1) is 10.2 Å². The molecule has 0 aliphatic carbocycles. The predicted octanol–water partition coefficient (Wildman–Crippen LogP) is 3.88. The number of urea groups is 1. The molecule has 4 heterocycles. The van der Waals surface area contributed by atoms with Crippen molar-refractivity contribution in [2.24, 2.45) is 0 Å². The van der Waals surface area contributed by atoms with Crippen LogP contribution in [0.5, 0.6) is 0 Å². The average Bonchev–Trinajstić information content (AvgIpc) is 3.46. The lowest BCUT2D eigenvalue weighted by Crippen LogP contribution is -2.42. The number of nitrogens with zero attached hydrogens (tertiary/aromatic N) is 5. The van der Waals surface area contributed by atoms with Crippen molar-refractivity contribution in [2.45, 2.75) is 70.5 Å². The molecule has 2 N–H and O–H groups in total. The second kappa shape index (κ2) is 8.08. The Morgan fingerprint density at radius 2 is 2.10 bits per heavy atom. The van der Waals surface area contributed by atoms with Crippen molar-refractivity contribution in [3.05, 3.63) is 41.7 Å². The van der Waals surface area contributed by atoms with Gasteiger partial charge in [-0.3, -0.25) is 0 Å². The Balaban J connectivity index is 1.35. The smallest absolute Gasteiger partial charge is 0.318 e. The summed E-state index contributed by atoms with van der Waals surface area (Å²) < 4.78 is 2.22. The van der Waals surface area contributed by atoms with Gasteiger partial charge in [-0.05, 0) is 44.2 Å². The molecule has 0 spiro atoms. The fourth-order valence-corrected chi connectivity index (χ4v) is 4.77. The maximum atomic E-state index is 13.3. The first-order valence-corrected chi connectivity index (χ1v) is 11.2. The lowest BCUT2D eigenvalue weighted by molar-refractivity contribution is 0.186. The molecule has 2 atom stereocenters. The number of H-pyrrole nitrogens is 1. The van der Waals surface area contributed by atoms with Gasteiger partial charge in [0.1, 0.15) is 11.6 Å². The quantitative estimate of drug-likeness (QED) is 0.687. The van der Waals surface area contributed by atoms with E-state index in [0.29, 0.717) is 0 Å². The number of fused-ring (bicyclic) bond motifs is 2. The lowest BCUT2D eigenvalue weighted by atomic mass is 10.2. The van der Waals surface area contributed by atoms with Crippen molar-refractivity contribution < 1.29 is 4.79 Å². The van der Waals surface area contributed by atoms with Crippen LogP contribution < -0.4 is 5.32 Å². The average molecular weight is 408 g/mol. The number of imidazole rings is 1. The first-order valence-electron chi connectivity index (χ1n) is 11.2. The van der Waals surface area contributed by atoms with Crippen molar-refractivity contribution in [3.8, 4) is 0 Å². The van der Waals surface area contributed by atoms with E-state index in [4.69, 9.17) is 4.98 Å². The summed E-state index contributed by atoms with van der Waals surface area (Å²) >= 11 is 0. The molecular formula is C22H29N7O. The van der Waals surface area contributed by atoms with Crippen LogP contribution in [0.2, 0.25) is 0 Å². The number of hydrogen-bond donors (Lipinski definition) is 2. The minimum Gasteiger partial charge on any atom is -0.340 e. The van der Waals surface area contributed by atoms with Crippen LogP contribution in [-0.2, 0) is 13.0 Å². The van der Waals surface area contributed by atoms with E-state index in [1.165, 1.54) is 6.42 Å². The number of amides is 2. The first kappa shape index (κ1) is 19.1. The Bertz CT molecular complexity index is 1010. The van der Waals surface area contributed by atoms with Gasteiger partial charge in [-0.2, -0.15) is 0 Å². The molecule has 0 radical (unpaired) electrons. The molecule has 3 aromatic rings. The van der Waals surface area contributed by atoms with Crippen LogP contribution in [0.1, 0.15) is 75.0 Å². The Hall–Kier alpha value is -2.90. The number of carbonyl (C=O) groups excluding carboxylic acids is 1. The van der Waals surface area contributed by atoms with Crippen LogP contribution in [0.4, 0.5) is 4.79 Å². The molecule has 158 valence electrons. The number of aryl methyl sites for hydroxylation is 1. The minimum atomic E-state index is -0.131. The number of aromatic nitrogens is 5. The van der Waals surface area contributed by atoms with Gasteiger partial charge in [0.25, 0.3) is 0 Å². The Labute approximate surface area is 176 Å². The molecule has 1 saturated heterocycles. The number of hydrogen-bond acceptors (Lipinski definition) is 4. The van der Waals surface area contributed by atoms with Crippen molar-refractivity contribution in [3.63, 3.8) is 0 Å². The molecule has 2 aliphatic rings. The minimum absolute atomic E-state index is 0.0228. The number of nitrogens with one attached hydrogen (secondary N) is 2. The molecule has 0 bridgehead atoms. The number of aromatic amines is 1. The summed E-state index contributed by atoms with van der Waals surface area (Å²) in [4.78, 5) is 23.3. The SMILES string of the molecule is CCC(NC(=O)N1CCCC1c1nc2ccccc2[nH]1)c1nnc2n1CCCCC2. The second-order valence-corrected chi connectivity index (χ2v) is 8.34. The zero-order valence-electron chi connectivity index (χ0n) is 17.5. The third-order valence-electron chi connectivity index (χ3n) is 6.39. The molecular weight excluding hydrogens is 378 g/mol. The molecule has 2 aromatic heterocycles. The Morgan fingerprint density at radius 1 is 1.20 bits per heavy atom. The van der Waals surface area contributed by atoms with Crippen LogP contribution in [0.25, 0.3) is 11.0 Å². The fraction of sp³-hybridized carbons (Fsp3) is 0.545. The molecule has 2 amide bonds. The standard InChI is InChI=1S/C22H29N7O/c1-2-15(21-27-26-19-12-4-3-7-13-29(19)21)25-22(30)28-14-8-11-18(28)20-23-16-9-5-6-10-17(16)24-20/h5-6,9-10,15,18H,2-4,7-8,11-14H2,1H3,(H,23,24)(H,25,30). The van der Waals surface area contributed by atoms with Crippen LogP contribution in [-0.4, -0.2) is 42.2 Å². The van der Waals surface area contributed by atoms with Gasteiger partial charge in [0.05, 0.1) is 23.1 Å². The lowest BCUT2D eigenvalue weighted by Gasteiger charge is -2.26. The highest BCUT2D eigenvalue weighted by atomic mass is 16.2. The van der Waals surface area contributed by atoms with E-state index in [0.717, 1.165) is 80.1 Å². The van der Waals surface area contributed by atoms with E-state index in [-0.39, 0.29) is 18.1 Å². The largest absolute Gasteiger partial charge is 0.340 e. The van der Waals surface area contributed by atoms with Gasteiger partial charge in [-0.1, -0.05) is 25.5 Å². The van der Waals surface area contributed by atoms with Gasteiger partial charge in [-0.25, -0.2) is 9.78 Å². The van der Waals surface area contributed by atoms with Gasteiger partial charge < -0.3 is 19.8 Å². The van der Waals surface area contributed by atoms with E-state index < -0.39 is 0 Å². The van der Waals surface area contributed by atoms with Gasteiger partial charge in [0.15, 0.2) is 5.82 Å². The van der Waals surface area contributed by atoms with Crippen molar-refractivity contribution in [2.75, 3.05) is 6.54 Å². The highest BCUT2D eigenvalue weighted by Crippen LogP contribution is 2.32. The molecule has 8 nitrogen and oxygen atoms in total. The summed E-state index contributed by atoms with van der Waals surface area (Å²) in [6, 6.07) is 7.81. The summed E-state index contributed by atoms with van der Waals surface area (Å²) in [5.74, 6) is 2.81. The zero-order chi connectivity index (χ0) is 20.5. The number of para-hydroxylation sites is 2. The van der Waals surface area contributed by atoms with Crippen LogP contribution >= 0.6 is 0 Å². The fourth-order valence-electron chi connectivity index (χ4n) is 4.77. The van der Waals surface area contributed by atoms with Gasteiger partial charge in [0.2, 0.25) is 0 Å². The van der Waals surface area contributed by atoms with E-state index in [1.54, 1.807) is 0 Å². The molecule has 30 heavy (non-hydrogen) atoms. The molecule has 2 unspecified atom stereocenters. The normalized spacial score (nSPS) is 20.2. The van der Waals surface area contributed by atoms with E-state index in [2.05, 4.69) is 32.0 Å².